The van der Waals surface area contributed by atoms with E-state index in [2.05, 4.69) is 15.0 Å². The summed E-state index contributed by atoms with van der Waals surface area (Å²) >= 11 is 0. The smallest absolute Gasteiger partial charge is 0.434 e. The minimum atomic E-state index is -2.16. The molecule has 154 valence electrons. The van der Waals surface area contributed by atoms with Crippen molar-refractivity contribution < 1.29 is 29.2 Å². The summed E-state index contributed by atoms with van der Waals surface area (Å²) in [6.07, 6.45) is -2.33. The Bertz CT molecular complexity index is 795. The van der Waals surface area contributed by atoms with Crippen LogP contribution in [0.1, 0.15) is 32.4 Å². The van der Waals surface area contributed by atoms with Gasteiger partial charge in [0, 0.05) is 11.1 Å². The molecule has 4 atom stereocenters. The zero-order valence-electron chi connectivity index (χ0n) is 15.2. The van der Waals surface area contributed by atoms with Crippen LogP contribution in [0, 0.1) is 0 Å². The molecule has 1 fully saturated rings. The van der Waals surface area contributed by atoms with Crippen molar-refractivity contribution in [1.29, 1.82) is 0 Å². The van der Waals surface area contributed by atoms with Crippen LogP contribution in [0.4, 0.5) is 10.6 Å². The van der Waals surface area contributed by atoms with Crippen molar-refractivity contribution in [2.45, 2.75) is 50.3 Å². The van der Waals surface area contributed by atoms with Crippen molar-refractivity contribution in [1.82, 2.24) is 9.55 Å². The van der Waals surface area contributed by atoms with E-state index in [1.54, 1.807) is 0 Å². The summed E-state index contributed by atoms with van der Waals surface area (Å²) in [6, 6.07) is 1.28. The SMILES string of the molecule is CCCCCOC(=O)OC[C@@]1(N=[N+]=[N-])O[C@H](n2ccc(N)nc2=O)[C@H](O)[C@@H]1O. The van der Waals surface area contributed by atoms with Gasteiger partial charge in [0.15, 0.2) is 6.23 Å². The maximum atomic E-state index is 12.0. The van der Waals surface area contributed by atoms with Crippen molar-refractivity contribution >= 4 is 12.0 Å². The summed E-state index contributed by atoms with van der Waals surface area (Å²) in [5.74, 6) is -0.0512. The van der Waals surface area contributed by atoms with E-state index in [9.17, 15) is 19.8 Å². The normalized spacial score (nSPS) is 26.5. The summed E-state index contributed by atoms with van der Waals surface area (Å²) < 4.78 is 16.0. The number of nitrogen functional groups attached to an aromatic ring is 1. The molecule has 1 aliphatic heterocycles. The summed E-state index contributed by atoms with van der Waals surface area (Å²) in [6.45, 7) is 1.39. The minimum Gasteiger partial charge on any atom is -0.434 e. The Labute approximate surface area is 159 Å². The summed E-state index contributed by atoms with van der Waals surface area (Å²) in [5, 5.41) is 24.0. The van der Waals surface area contributed by atoms with Crippen molar-refractivity contribution in [3.63, 3.8) is 0 Å². The molecule has 0 unspecified atom stereocenters. The zero-order chi connectivity index (χ0) is 20.7. The number of azide groups is 1. The summed E-state index contributed by atoms with van der Waals surface area (Å²) in [5.41, 5.74) is 11.2. The molecular formula is C15H22N6O7. The van der Waals surface area contributed by atoms with Gasteiger partial charge in [0.05, 0.1) is 6.61 Å². The molecule has 13 heteroatoms. The van der Waals surface area contributed by atoms with E-state index in [0.717, 1.165) is 17.4 Å². The molecule has 13 nitrogen and oxygen atoms in total. The molecule has 1 saturated heterocycles. The van der Waals surface area contributed by atoms with Gasteiger partial charge in [-0.3, -0.25) is 4.57 Å². The predicted octanol–water partition coefficient (Wildman–Crippen LogP) is 0.426. The van der Waals surface area contributed by atoms with Gasteiger partial charge in [-0.1, -0.05) is 24.9 Å². The molecule has 1 aromatic heterocycles. The van der Waals surface area contributed by atoms with E-state index in [1.807, 2.05) is 6.92 Å². The van der Waals surface area contributed by atoms with E-state index in [0.29, 0.717) is 6.42 Å². The number of ether oxygens (including phenoxy) is 3. The van der Waals surface area contributed by atoms with Crippen molar-refractivity contribution in [3.8, 4) is 0 Å². The number of aromatic nitrogens is 2. The fourth-order valence-corrected chi connectivity index (χ4v) is 2.63. The van der Waals surface area contributed by atoms with Gasteiger partial charge in [-0.15, -0.1) is 0 Å². The molecule has 0 saturated carbocycles. The largest absolute Gasteiger partial charge is 0.508 e. The Morgan fingerprint density at radius 1 is 1.50 bits per heavy atom. The molecular weight excluding hydrogens is 376 g/mol. The second-order valence-electron chi connectivity index (χ2n) is 6.11. The third kappa shape index (κ3) is 4.70. The molecule has 2 rings (SSSR count). The number of nitrogens with two attached hydrogens (primary N) is 1. The number of anilines is 1. The van der Waals surface area contributed by atoms with Gasteiger partial charge in [0.2, 0.25) is 5.72 Å². The molecule has 28 heavy (non-hydrogen) atoms. The van der Waals surface area contributed by atoms with E-state index in [4.69, 9.17) is 25.5 Å². The van der Waals surface area contributed by atoms with Gasteiger partial charge in [-0.25, -0.2) is 9.59 Å². The van der Waals surface area contributed by atoms with Crippen LogP contribution in [0.3, 0.4) is 0 Å². The van der Waals surface area contributed by atoms with Gasteiger partial charge >= 0.3 is 11.8 Å². The molecule has 4 N–H and O–H groups in total. The standard InChI is InChI=1S/C15H22N6O7/c1-2-3-4-7-26-14(25)27-8-15(19-20-17)11(23)10(22)12(28-15)21-6-5-9(16)18-13(21)24/h5-6,10-12,22-23H,2-4,7-8H2,1H3,(H2,16,18,24)/t10-,11+,12+,15-/m1/s1. The van der Waals surface area contributed by atoms with Crippen molar-refractivity contribution in [2.24, 2.45) is 5.11 Å². The lowest BCUT2D eigenvalue weighted by Gasteiger charge is -2.25. The molecule has 0 spiro atoms. The second kappa shape index (κ2) is 9.37. The number of unbranched alkanes of at least 4 members (excludes halogenated alkanes) is 2. The van der Waals surface area contributed by atoms with Crippen LogP contribution in [0.25, 0.3) is 10.4 Å². The Morgan fingerprint density at radius 2 is 2.25 bits per heavy atom. The quantitative estimate of drug-likeness (QED) is 0.183. The monoisotopic (exact) mass is 398 g/mol. The summed E-state index contributed by atoms with van der Waals surface area (Å²) in [7, 11) is 0. The number of aliphatic hydroxyl groups excluding tert-OH is 2. The number of hydrogen-bond donors (Lipinski definition) is 3. The lowest BCUT2D eigenvalue weighted by molar-refractivity contribution is -0.131. The number of hydrogen-bond acceptors (Lipinski definition) is 10. The number of rotatable bonds is 8. The third-order valence-electron chi connectivity index (χ3n) is 4.11. The molecule has 0 aromatic carbocycles. The van der Waals surface area contributed by atoms with Crippen LogP contribution >= 0.6 is 0 Å². The first kappa shape index (κ1) is 21.4. The molecule has 1 aromatic rings. The maximum absolute atomic E-state index is 12.0. The van der Waals surface area contributed by atoms with Gasteiger partial charge in [-0.2, -0.15) is 4.98 Å². The highest BCUT2D eigenvalue weighted by atomic mass is 16.7. The molecule has 1 aliphatic rings. The Balaban J connectivity index is 2.13. The molecule has 0 amide bonds. The van der Waals surface area contributed by atoms with E-state index in [1.165, 1.54) is 12.3 Å². The average molecular weight is 398 g/mol. The number of carbonyl (C=O) groups excluding carboxylic acids is 1. The zero-order valence-corrected chi connectivity index (χ0v) is 15.2. The van der Waals surface area contributed by atoms with Crippen LogP contribution in [-0.2, 0) is 14.2 Å². The lowest BCUT2D eigenvalue weighted by atomic mass is 10.1. The predicted molar refractivity (Wildman–Crippen MR) is 93.7 cm³/mol. The van der Waals surface area contributed by atoms with Crippen LogP contribution < -0.4 is 11.4 Å². The number of nitrogens with zero attached hydrogens (tertiary/aromatic N) is 5. The van der Waals surface area contributed by atoms with Crippen LogP contribution in [0.2, 0.25) is 0 Å². The highest BCUT2D eigenvalue weighted by Crippen LogP contribution is 2.38. The van der Waals surface area contributed by atoms with Crippen molar-refractivity contribution in [2.75, 3.05) is 18.9 Å². The summed E-state index contributed by atoms with van der Waals surface area (Å²) in [4.78, 5) is 29.7. The highest BCUT2D eigenvalue weighted by Gasteiger charge is 2.56. The fourth-order valence-electron chi connectivity index (χ4n) is 2.63. The molecule has 0 bridgehead atoms. The van der Waals surface area contributed by atoms with Gasteiger partial charge in [0.1, 0.15) is 24.6 Å². The van der Waals surface area contributed by atoms with Gasteiger partial charge < -0.3 is 30.2 Å². The fraction of sp³-hybridized carbons (Fsp3) is 0.667. The van der Waals surface area contributed by atoms with Crippen LogP contribution in [0.15, 0.2) is 22.2 Å². The van der Waals surface area contributed by atoms with Crippen LogP contribution in [0.5, 0.6) is 0 Å². The van der Waals surface area contributed by atoms with E-state index >= 15 is 0 Å². The first-order valence-corrected chi connectivity index (χ1v) is 8.59. The average Bonchev–Trinajstić information content (AvgIpc) is 2.90. The second-order valence-corrected chi connectivity index (χ2v) is 6.11. The van der Waals surface area contributed by atoms with Gasteiger partial charge in [0.25, 0.3) is 0 Å². The topological polar surface area (TPSA) is 195 Å². The number of carbonyl (C=O) groups is 1. The van der Waals surface area contributed by atoms with Gasteiger partial charge in [-0.05, 0) is 18.0 Å². The Kier molecular flexibility index (Phi) is 7.18. The number of aliphatic hydroxyl groups is 2. The highest BCUT2D eigenvalue weighted by molar-refractivity contribution is 5.59. The third-order valence-corrected chi connectivity index (χ3v) is 4.11. The molecule has 0 aliphatic carbocycles. The first-order chi connectivity index (χ1) is 13.3. The molecule has 0 radical (unpaired) electrons. The maximum Gasteiger partial charge on any atom is 0.508 e. The van der Waals surface area contributed by atoms with Crippen molar-refractivity contribution in [3.05, 3.63) is 33.2 Å². The Morgan fingerprint density at radius 3 is 2.89 bits per heavy atom. The first-order valence-electron chi connectivity index (χ1n) is 8.59. The lowest BCUT2D eigenvalue weighted by Crippen LogP contribution is -2.45. The van der Waals surface area contributed by atoms with E-state index < -0.39 is 42.6 Å². The van der Waals surface area contributed by atoms with Crippen LogP contribution in [-0.4, -0.2) is 57.1 Å². The molecule has 2 heterocycles. The minimum absolute atomic E-state index is 0.0512. The van der Waals surface area contributed by atoms with E-state index in [-0.39, 0.29) is 12.4 Å². The Hall–Kier alpha value is -2.86.